The monoisotopic (exact) mass is 295 g/mol. The molecule has 1 aliphatic rings. The van der Waals surface area contributed by atoms with Crippen LogP contribution in [0.25, 0.3) is 0 Å². The quantitative estimate of drug-likeness (QED) is 0.819. The Morgan fingerprint density at radius 3 is 2.35 bits per heavy atom. The van der Waals surface area contributed by atoms with Crippen LogP contribution >= 0.6 is 15.9 Å². The number of benzene rings is 1. The van der Waals surface area contributed by atoms with E-state index >= 15 is 0 Å². The molecule has 1 atom stereocenters. The minimum atomic E-state index is 0.582. The number of hydrogen-bond acceptors (Lipinski definition) is 1. The lowest BCUT2D eigenvalue weighted by atomic mass is 9.81. The molecule has 0 amide bonds. The van der Waals surface area contributed by atoms with Gasteiger partial charge in [-0.05, 0) is 56.4 Å². The predicted octanol–water partition coefficient (Wildman–Crippen LogP) is 5.06. The van der Waals surface area contributed by atoms with Gasteiger partial charge in [-0.25, -0.2) is 0 Å². The fourth-order valence-electron chi connectivity index (χ4n) is 2.67. The van der Waals surface area contributed by atoms with Gasteiger partial charge in [-0.1, -0.05) is 35.2 Å². The fraction of sp³-hybridized carbons (Fsp3) is 0.600. The summed E-state index contributed by atoms with van der Waals surface area (Å²) in [7, 11) is 0. The smallest absolute Gasteiger partial charge is 0.0402 e. The largest absolute Gasteiger partial charge is 0.382 e. The highest BCUT2D eigenvalue weighted by Crippen LogP contribution is 2.32. The van der Waals surface area contributed by atoms with Gasteiger partial charge < -0.3 is 5.32 Å². The number of hydrogen-bond donors (Lipinski definition) is 1. The van der Waals surface area contributed by atoms with Crippen molar-refractivity contribution in [1.82, 2.24) is 0 Å². The molecule has 0 radical (unpaired) electrons. The molecule has 1 unspecified atom stereocenters. The zero-order chi connectivity index (χ0) is 12.4. The Kier molecular flexibility index (Phi) is 4.13. The van der Waals surface area contributed by atoms with Crippen LogP contribution in [0.1, 0.15) is 43.7 Å². The summed E-state index contributed by atoms with van der Waals surface area (Å²) in [6.07, 6.45) is 5.62. The number of anilines is 1. The Labute approximate surface area is 113 Å². The summed E-state index contributed by atoms with van der Waals surface area (Å²) in [6, 6.07) is 4.95. The zero-order valence-corrected chi connectivity index (χ0v) is 12.6. The van der Waals surface area contributed by atoms with E-state index in [0.717, 1.165) is 5.92 Å². The van der Waals surface area contributed by atoms with Crippen molar-refractivity contribution in [3.63, 3.8) is 0 Å². The second-order valence-corrected chi connectivity index (χ2v) is 6.41. The maximum Gasteiger partial charge on any atom is 0.0402 e. The van der Waals surface area contributed by atoms with Crippen molar-refractivity contribution < 1.29 is 0 Å². The first-order valence-corrected chi connectivity index (χ1v) is 7.39. The first-order chi connectivity index (χ1) is 8.06. The number of halogens is 1. The summed E-state index contributed by atoms with van der Waals surface area (Å²) in [5.74, 6) is 0.966. The zero-order valence-electron chi connectivity index (χ0n) is 11.0. The molecule has 1 aliphatic carbocycles. The van der Waals surface area contributed by atoms with Gasteiger partial charge in [0.2, 0.25) is 0 Å². The van der Waals surface area contributed by atoms with Crippen molar-refractivity contribution in [2.45, 2.75) is 52.5 Å². The third-order valence-corrected chi connectivity index (χ3v) is 4.26. The SMILES string of the molecule is Cc1cc(Br)cc(C)c1NC(C)CC1CCC1. The van der Waals surface area contributed by atoms with Gasteiger partial charge >= 0.3 is 0 Å². The minimum Gasteiger partial charge on any atom is -0.382 e. The molecule has 0 aliphatic heterocycles. The summed E-state index contributed by atoms with van der Waals surface area (Å²) in [5.41, 5.74) is 3.98. The van der Waals surface area contributed by atoms with Crippen LogP contribution in [0.4, 0.5) is 5.69 Å². The predicted molar refractivity (Wildman–Crippen MR) is 78.7 cm³/mol. The van der Waals surface area contributed by atoms with Crippen LogP contribution in [0.15, 0.2) is 16.6 Å². The second-order valence-electron chi connectivity index (χ2n) is 5.49. The molecule has 0 saturated heterocycles. The summed E-state index contributed by atoms with van der Waals surface area (Å²) >= 11 is 3.55. The van der Waals surface area contributed by atoms with Crippen LogP contribution < -0.4 is 5.32 Å². The molecule has 1 fully saturated rings. The maximum atomic E-state index is 3.68. The summed E-state index contributed by atoms with van der Waals surface area (Å²) in [5, 5.41) is 3.68. The lowest BCUT2D eigenvalue weighted by Gasteiger charge is -2.29. The van der Waals surface area contributed by atoms with Crippen LogP contribution in [0.3, 0.4) is 0 Å². The third-order valence-electron chi connectivity index (χ3n) is 3.80. The van der Waals surface area contributed by atoms with Gasteiger partial charge in [0.1, 0.15) is 0 Å². The first kappa shape index (κ1) is 12.9. The molecule has 0 aromatic heterocycles. The van der Waals surface area contributed by atoms with Gasteiger partial charge in [0, 0.05) is 16.2 Å². The summed E-state index contributed by atoms with van der Waals surface area (Å²) in [6.45, 7) is 6.66. The molecule has 1 N–H and O–H groups in total. The Hall–Kier alpha value is -0.500. The fourth-order valence-corrected chi connectivity index (χ4v) is 3.36. The van der Waals surface area contributed by atoms with Gasteiger partial charge in [0.15, 0.2) is 0 Å². The highest BCUT2D eigenvalue weighted by Gasteiger charge is 2.20. The molecule has 0 spiro atoms. The van der Waals surface area contributed by atoms with E-state index in [9.17, 15) is 0 Å². The normalized spacial score (nSPS) is 17.6. The van der Waals surface area contributed by atoms with Crippen LogP contribution in [-0.4, -0.2) is 6.04 Å². The average Bonchev–Trinajstić information content (AvgIpc) is 2.17. The Balaban J connectivity index is 2.01. The van der Waals surface area contributed by atoms with Gasteiger partial charge in [-0.2, -0.15) is 0 Å². The standard InChI is InChI=1S/C15H22BrN/c1-10-7-14(16)8-11(2)15(10)17-12(3)9-13-5-4-6-13/h7-8,12-13,17H,4-6,9H2,1-3H3. The van der Waals surface area contributed by atoms with Crippen LogP contribution in [0.2, 0.25) is 0 Å². The van der Waals surface area contributed by atoms with Gasteiger partial charge in [-0.15, -0.1) is 0 Å². The van der Waals surface area contributed by atoms with E-state index in [1.807, 2.05) is 0 Å². The molecule has 2 rings (SSSR count). The van der Waals surface area contributed by atoms with E-state index < -0.39 is 0 Å². The maximum absolute atomic E-state index is 3.68. The van der Waals surface area contributed by atoms with Crippen molar-refractivity contribution in [2.75, 3.05) is 5.32 Å². The Morgan fingerprint density at radius 2 is 1.88 bits per heavy atom. The van der Waals surface area contributed by atoms with E-state index in [1.54, 1.807) is 0 Å². The molecule has 0 heterocycles. The van der Waals surface area contributed by atoms with Crippen molar-refractivity contribution in [1.29, 1.82) is 0 Å². The van der Waals surface area contributed by atoms with Crippen LogP contribution in [0, 0.1) is 19.8 Å². The molecule has 94 valence electrons. The first-order valence-electron chi connectivity index (χ1n) is 6.59. The molecule has 1 aromatic carbocycles. The molecule has 0 bridgehead atoms. The van der Waals surface area contributed by atoms with Crippen molar-refractivity contribution in [2.24, 2.45) is 5.92 Å². The number of rotatable bonds is 4. The number of aryl methyl sites for hydroxylation is 2. The third kappa shape index (κ3) is 3.25. The molecular weight excluding hydrogens is 274 g/mol. The van der Waals surface area contributed by atoms with E-state index in [-0.39, 0.29) is 0 Å². The Bertz CT molecular complexity index is 373. The summed E-state index contributed by atoms with van der Waals surface area (Å²) in [4.78, 5) is 0. The molecule has 1 saturated carbocycles. The lowest BCUT2D eigenvalue weighted by molar-refractivity contribution is 0.286. The van der Waals surface area contributed by atoms with Gasteiger partial charge in [-0.3, -0.25) is 0 Å². The van der Waals surface area contributed by atoms with Crippen LogP contribution in [-0.2, 0) is 0 Å². The topological polar surface area (TPSA) is 12.0 Å². The van der Waals surface area contributed by atoms with Crippen molar-refractivity contribution in [3.8, 4) is 0 Å². The lowest BCUT2D eigenvalue weighted by Crippen LogP contribution is -2.24. The second kappa shape index (κ2) is 5.43. The minimum absolute atomic E-state index is 0.582. The van der Waals surface area contributed by atoms with Crippen molar-refractivity contribution in [3.05, 3.63) is 27.7 Å². The molecule has 2 heteroatoms. The average molecular weight is 296 g/mol. The van der Waals surface area contributed by atoms with E-state index in [4.69, 9.17) is 0 Å². The molecule has 1 aromatic rings. The molecule has 17 heavy (non-hydrogen) atoms. The van der Waals surface area contributed by atoms with E-state index in [0.29, 0.717) is 6.04 Å². The van der Waals surface area contributed by atoms with E-state index in [2.05, 4.69) is 54.2 Å². The van der Waals surface area contributed by atoms with Gasteiger partial charge in [0.05, 0.1) is 0 Å². The van der Waals surface area contributed by atoms with E-state index in [1.165, 1.54) is 47.0 Å². The molecule has 1 nitrogen and oxygen atoms in total. The van der Waals surface area contributed by atoms with Gasteiger partial charge in [0.25, 0.3) is 0 Å². The van der Waals surface area contributed by atoms with Crippen molar-refractivity contribution >= 4 is 21.6 Å². The molecular formula is C15H22BrN. The highest BCUT2D eigenvalue weighted by molar-refractivity contribution is 9.10. The van der Waals surface area contributed by atoms with Crippen LogP contribution in [0.5, 0.6) is 0 Å². The summed E-state index contributed by atoms with van der Waals surface area (Å²) < 4.78 is 1.17. The number of nitrogens with one attached hydrogen (secondary N) is 1. The highest BCUT2D eigenvalue weighted by atomic mass is 79.9. The Morgan fingerprint density at radius 1 is 1.29 bits per heavy atom.